The van der Waals surface area contributed by atoms with Gasteiger partial charge in [-0.15, -0.1) is 0 Å². The molecule has 0 aliphatic carbocycles. The summed E-state index contributed by atoms with van der Waals surface area (Å²) < 4.78 is 11.4. The Bertz CT molecular complexity index is 934. The molecule has 2 aliphatic heterocycles. The van der Waals surface area contributed by atoms with Crippen molar-refractivity contribution in [2.45, 2.75) is 38.8 Å². The highest BCUT2D eigenvalue weighted by atomic mass is 16.5. The third-order valence-corrected chi connectivity index (χ3v) is 5.83. The van der Waals surface area contributed by atoms with Crippen LogP contribution in [-0.4, -0.2) is 30.6 Å². The second kappa shape index (κ2) is 7.68. The molecule has 2 aromatic carbocycles. The third-order valence-electron chi connectivity index (χ3n) is 5.83. The standard InChI is InChI=1S/C23H25NO4/c1-15-7-5-6-12-24(15)14-18-19(25)11-10-17-22(26)21(28-23(17)18)13-16-8-3-4-9-20(16)27-2/h3-4,8-11,13,15,25H,5-7,12,14H2,1-2H3/p+1/t15-/m0/s1. The summed E-state index contributed by atoms with van der Waals surface area (Å²) in [5.74, 6) is 1.46. The van der Waals surface area contributed by atoms with E-state index < -0.39 is 0 Å². The lowest BCUT2D eigenvalue weighted by atomic mass is 10.0. The molecule has 28 heavy (non-hydrogen) atoms. The second-order valence-corrected chi connectivity index (χ2v) is 7.60. The molecule has 2 heterocycles. The minimum Gasteiger partial charge on any atom is -0.507 e. The quantitative estimate of drug-likeness (QED) is 0.801. The summed E-state index contributed by atoms with van der Waals surface area (Å²) in [6, 6.07) is 11.3. The predicted molar refractivity (Wildman–Crippen MR) is 107 cm³/mol. The number of aromatic hydroxyl groups is 1. The molecule has 1 unspecified atom stereocenters. The lowest BCUT2D eigenvalue weighted by Gasteiger charge is -2.30. The number of nitrogens with one attached hydrogen (secondary N) is 1. The van der Waals surface area contributed by atoms with Crippen molar-refractivity contribution in [3.8, 4) is 17.2 Å². The summed E-state index contributed by atoms with van der Waals surface area (Å²) in [4.78, 5) is 14.3. The van der Waals surface area contributed by atoms with Crippen LogP contribution in [0.3, 0.4) is 0 Å². The van der Waals surface area contributed by atoms with Crippen LogP contribution in [0.25, 0.3) is 6.08 Å². The van der Waals surface area contributed by atoms with E-state index in [1.165, 1.54) is 24.2 Å². The lowest BCUT2D eigenvalue weighted by Crippen LogP contribution is -3.14. The normalized spacial score (nSPS) is 22.8. The molecule has 0 bridgehead atoms. The zero-order valence-corrected chi connectivity index (χ0v) is 16.3. The Hall–Kier alpha value is -2.79. The van der Waals surface area contributed by atoms with E-state index >= 15 is 0 Å². The Labute approximate surface area is 165 Å². The summed E-state index contributed by atoms with van der Waals surface area (Å²) >= 11 is 0. The number of piperidine rings is 1. The van der Waals surface area contributed by atoms with Crippen LogP contribution in [0, 0.1) is 0 Å². The molecule has 0 aromatic heterocycles. The number of benzene rings is 2. The van der Waals surface area contributed by atoms with E-state index in [0.29, 0.717) is 29.6 Å². The number of para-hydroxylation sites is 1. The number of allylic oxidation sites excluding steroid dienone is 1. The van der Waals surface area contributed by atoms with Gasteiger partial charge in [-0.1, -0.05) is 18.2 Å². The first kappa shape index (κ1) is 18.6. The van der Waals surface area contributed by atoms with Gasteiger partial charge in [0, 0.05) is 5.56 Å². The molecule has 2 atom stereocenters. The van der Waals surface area contributed by atoms with Crippen LogP contribution in [0.4, 0.5) is 0 Å². The molecule has 1 fully saturated rings. The zero-order chi connectivity index (χ0) is 19.7. The second-order valence-electron chi connectivity index (χ2n) is 7.60. The highest BCUT2D eigenvalue weighted by molar-refractivity contribution is 6.15. The van der Waals surface area contributed by atoms with Crippen LogP contribution in [0.2, 0.25) is 0 Å². The molecule has 2 N–H and O–H groups in total. The molecular weight excluding hydrogens is 354 g/mol. The van der Waals surface area contributed by atoms with Crippen molar-refractivity contribution in [1.29, 1.82) is 0 Å². The maximum absolute atomic E-state index is 12.9. The van der Waals surface area contributed by atoms with Crippen molar-refractivity contribution < 1.29 is 24.3 Å². The van der Waals surface area contributed by atoms with Gasteiger partial charge in [-0.05, 0) is 50.5 Å². The van der Waals surface area contributed by atoms with Crippen LogP contribution in [0.5, 0.6) is 17.2 Å². The average molecular weight is 380 g/mol. The Balaban J connectivity index is 1.68. The van der Waals surface area contributed by atoms with Crippen LogP contribution in [0.1, 0.15) is 47.7 Å². The third kappa shape index (κ3) is 3.38. The summed E-state index contributed by atoms with van der Waals surface area (Å²) in [6.07, 6.45) is 5.33. The van der Waals surface area contributed by atoms with Crippen molar-refractivity contribution in [3.63, 3.8) is 0 Å². The Morgan fingerprint density at radius 2 is 2.07 bits per heavy atom. The molecule has 4 rings (SSSR count). The number of Topliss-reactive ketones (excluding diaryl/α,β-unsaturated/α-hetero) is 1. The van der Waals surface area contributed by atoms with Crippen molar-refractivity contribution in [2.24, 2.45) is 0 Å². The number of hydrogen-bond acceptors (Lipinski definition) is 4. The number of carbonyl (C=O) groups excluding carboxylic acids is 1. The number of phenols is 1. The topological polar surface area (TPSA) is 60.2 Å². The molecule has 146 valence electrons. The first-order valence-corrected chi connectivity index (χ1v) is 9.85. The summed E-state index contributed by atoms with van der Waals surface area (Å²) in [5.41, 5.74) is 2.01. The fraction of sp³-hybridized carbons (Fsp3) is 0.348. The molecule has 5 heteroatoms. The predicted octanol–water partition coefficient (Wildman–Crippen LogP) is 2.97. The van der Waals surface area contributed by atoms with E-state index in [1.54, 1.807) is 25.3 Å². The monoisotopic (exact) mass is 380 g/mol. The smallest absolute Gasteiger partial charge is 0.231 e. The minimum absolute atomic E-state index is 0.163. The SMILES string of the molecule is COc1ccccc1C=C1Oc2c(ccc(O)c2C[NH+]2CCCC[C@@H]2C)C1=O. The van der Waals surface area contributed by atoms with Crippen molar-refractivity contribution in [2.75, 3.05) is 13.7 Å². The van der Waals surface area contributed by atoms with Gasteiger partial charge in [-0.3, -0.25) is 4.79 Å². The summed E-state index contributed by atoms with van der Waals surface area (Å²) in [7, 11) is 1.60. The van der Waals surface area contributed by atoms with Gasteiger partial charge in [0.05, 0.1) is 30.8 Å². The van der Waals surface area contributed by atoms with Gasteiger partial charge < -0.3 is 19.5 Å². The van der Waals surface area contributed by atoms with E-state index in [-0.39, 0.29) is 17.3 Å². The van der Waals surface area contributed by atoms with Gasteiger partial charge in [-0.25, -0.2) is 0 Å². The Kier molecular flexibility index (Phi) is 5.09. The van der Waals surface area contributed by atoms with Crippen LogP contribution in [-0.2, 0) is 6.54 Å². The highest BCUT2D eigenvalue weighted by Gasteiger charge is 2.34. The first-order chi connectivity index (χ1) is 13.6. The zero-order valence-electron chi connectivity index (χ0n) is 16.3. The molecule has 1 saturated heterocycles. The Morgan fingerprint density at radius 3 is 2.86 bits per heavy atom. The molecule has 0 spiro atoms. The number of hydrogen-bond donors (Lipinski definition) is 2. The largest absolute Gasteiger partial charge is 0.507 e. The number of phenolic OH excluding ortho intramolecular Hbond substituents is 1. The van der Waals surface area contributed by atoms with E-state index in [4.69, 9.17) is 9.47 Å². The van der Waals surface area contributed by atoms with Gasteiger partial charge in [0.1, 0.15) is 18.0 Å². The van der Waals surface area contributed by atoms with Gasteiger partial charge in [0.25, 0.3) is 0 Å². The lowest BCUT2D eigenvalue weighted by molar-refractivity contribution is -0.941. The van der Waals surface area contributed by atoms with E-state index in [1.807, 2.05) is 24.3 Å². The fourth-order valence-corrected chi connectivity index (χ4v) is 4.14. The number of fused-ring (bicyclic) bond motifs is 1. The first-order valence-electron chi connectivity index (χ1n) is 9.85. The van der Waals surface area contributed by atoms with Crippen molar-refractivity contribution in [3.05, 3.63) is 58.8 Å². The molecule has 2 aliphatic rings. The molecule has 0 radical (unpaired) electrons. The van der Waals surface area contributed by atoms with E-state index in [0.717, 1.165) is 17.7 Å². The number of quaternary nitrogens is 1. The van der Waals surface area contributed by atoms with E-state index in [9.17, 15) is 9.90 Å². The van der Waals surface area contributed by atoms with Crippen LogP contribution >= 0.6 is 0 Å². The number of ether oxygens (including phenoxy) is 2. The number of ketones is 1. The van der Waals surface area contributed by atoms with Gasteiger partial charge in [0.2, 0.25) is 5.78 Å². The summed E-state index contributed by atoms with van der Waals surface area (Å²) in [5, 5.41) is 10.5. The van der Waals surface area contributed by atoms with Gasteiger partial charge in [0.15, 0.2) is 11.5 Å². The maximum Gasteiger partial charge on any atom is 0.231 e. The van der Waals surface area contributed by atoms with E-state index in [2.05, 4.69) is 6.92 Å². The minimum atomic E-state index is -0.163. The van der Waals surface area contributed by atoms with Gasteiger partial charge in [-0.2, -0.15) is 0 Å². The molecule has 2 aromatic rings. The van der Waals surface area contributed by atoms with Gasteiger partial charge >= 0.3 is 0 Å². The average Bonchev–Trinajstić information content (AvgIpc) is 3.02. The Morgan fingerprint density at radius 1 is 1.25 bits per heavy atom. The van der Waals surface area contributed by atoms with Crippen molar-refractivity contribution in [1.82, 2.24) is 0 Å². The van der Waals surface area contributed by atoms with Crippen LogP contribution in [0.15, 0.2) is 42.2 Å². The molecule has 0 amide bonds. The maximum atomic E-state index is 12.9. The fourth-order valence-electron chi connectivity index (χ4n) is 4.14. The highest BCUT2D eigenvalue weighted by Crippen LogP contribution is 2.39. The molecular formula is C23H26NO4+. The number of rotatable bonds is 4. The molecule has 5 nitrogen and oxygen atoms in total. The summed E-state index contributed by atoms with van der Waals surface area (Å²) in [6.45, 7) is 3.97. The number of carbonyl (C=O) groups is 1. The van der Waals surface area contributed by atoms with Crippen LogP contribution < -0.4 is 14.4 Å². The molecule has 0 saturated carbocycles. The number of likely N-dealkylation sites (tertiary alicyclic amines) is 1. The van der Waals surface area contributed by atoms with Crippen molar-refractivity contribution >= 4 is 11.9 Å². The number of methoxy groups -OCH3 is 1.